The highest BCUT2D eigenvalue weighted by atomic mass is 28.2. The topological polar surface area (TPSA) is 34.1 Å². The van der Waals surface area contributed by atoms with E-state index in [0.717, 1.165) is 0 Å². The van der Waals surface area contributed by atoms with E-state index in [2.05, 4.69) is 0 Å². The Labute approximate surface area is 69.7 Å². The average molecular weight is 224 g/mol. The Morgan fingerprint density at radius 3 is 1.15 bits per heavy atom. The number of hydrogen-bond acceptors (Lipinski definition) is 2. The van der Waals surface area contributed by atoms with Crippen LogP contribution in [0.5, 0.6) is 0 Å². The SMILES string of the molecule is O=C([SiH2]C(=O)C(F)(F)F)C(F)(F)F. The number of halogens is 6. The maximum absolute atomic E-state index is 11.4. The summed E-state index contributed by atoms with van der Waals surface area (Å²) in [5.41, 5.74) is 0. The lowest BCUT2D eigenvalue weighted by molar-refractivity contribution is -0.167. The molecule has 0 heterocycles. The van der Waals surface area contributed by atoms with Gasteiger partial charge in [0.1, 0.15) is 0 Å². The van der Waals surface area contributed by atoms with Gasteiger partial charge in [-0.1, -0.05) is 0 Å². The summed E-state index contributed by atoms with van der Waals surface area (Å²) in [5, 5.41) is -5.12. The van der Waals surface area contributed by atoms with Crippen molar-refractivity contribution in [2.45, 2.75) is 12.4 Å². The molecule has 0 amide bonds. The number of carbonyl (C=O) groups excluding carboxylic acids is 2. The maximum Gasteiger partial charge on any atom is 0.444 e. The maximum atomic E-state index is 11.4. The summed E-state index contributed by atoms with van der Waals surface area (Å²) in [6.07, 6.45) is -10.7. The molecule has 0 aromatic heterocycles. The van der Waals surface area contributed by atoms with Gasteiger partial charge in [0.2, 0.25) is 20.3 Å². The van der Waals surface area contributed by atoms with E-state index in [1.54, 1.807) is 0 Å². The summed E-state index contributed by atoms with van der Waals surface area (Å²) in [6, 6.07) is 0. The van der Waals surface area contributed by atoms with E-state index in [9.17, 15) is 35.9 Å². The molecule has 0 radical (unpaired) electrons. The Bertz CT molecular complexity index is 204. The molecule has 0 atom stereocenters. The first-order valence-electron chi connectivity index (χ1n) is 2.75. The zero-order valence-corrected chi connectivity index (χ0v) is 7.21. The summed E-state index contributed by atoms with van der Waals surface area (Å²) in [4.78, 5) is 19.9. The Morgan fingerprint density at radius 1 is 0.769 bits per heavy atom. The molecule has 0 N–H and O–H groups in total. The molecule has 0 rings (SSSR count). The van der Waals surface area contributed by atoms with Gasteiger partial charge in [-0.15, -0.1) is 0 Å². The van der Waals surface area contributed by atoms with Crippen LogP contribution in [0.25, 0.3) is 0 Å². The minimum atomic E-state index is -5.34. The van der Waals surface area contributed by atoms with E-state index in [0.29, 0.717) is 0 Å². The van der Waals surface area contributed by atoms with Crippen LogP contribution in [0, 0.1) is 0 Å². The van der Waals surface area contributed by atoms with Crippen LogP contribution in [0.4, 0.5) is 26.3 Å². The molecule has 0 aliphatic heterocycles. The fourth-order valence-corrected chi connectivity index (χ4v) is 1.04. The minimum absolute atomic E-state index is 2.56. The molecule has 0 aromatic rings. The van der Waals surface area contributed by atoms with Crippen LogP contribution >= 0.6 is 0 Å². The first-order valence-corrected chi connectivity index (χ1v) is 4.16. The molecule has 76 valence electrons. The molecule has 0 fully saturated rings. The lowest BCUT2D eigenvalue weighted by Crippen LogP contribution is -2.39. The fourth-order valence-electron chi connectivity index (χ4n) is 0.346. The van der Waals surface area contributed by atoms with Gasteiger partial charge in [-0.05, 0) is 0 Å². The van der Waals surface area contributed by atoms with Crippen molar-refractivity contribution in [2.75, 3.05) is 0 Å². The lowest BCUT2D eigenvalue weighted by atomic mass is 10.7. The molecule has 0 spiro atoms. The molecule has 0 saturated carbocycles. The second-order valence-corrected chi connectivity index (χ2v) is 3.66. The zero-order chi connectivity index (χ0) is 10.9. The molecule has 0 aliphatic carbocycles. The van der Waals surface area contributed by atoms with E-state index < -0.39 is 32.7 Å². The van der Waals surface area contributed by atoms with E-state index in [1.165, 1.54) is 0 Å². The monoisotopic (exact) mass is 224 g/mol. The van der Waals surface area contributed by atoms with E-state index in [4.69, 9.17) is 0 Å². The molecule has 0 unspecified atom stereocenters. The fraction of sp³-hybridized carbons (Fsp3) is 0.500. The van der Waals surface area contributed by atoms with Crippen molar-refractivity contribution in [1.29, 1.82) is 0 Å². The lowest BCUT2D eigenvalue weighted by Gasteiger charge is -2.05. The zero-order valence-electron chi connectivity index (χ0n) is 5.79. The van der Waals surface area contributed by atoms with Crippen LogP contribution in [-0.2, 0) is 9.59 Å². The number of rotatable bonds is 2. The molecule has 0 saturated heterocycles. The van der Waals surface area contributed by atoms with Crippen molar-refractivity contribution in [3.63, 3.8) is 0 Å². The third-order valence-corrected chi connectivity index (χ3v) is 2.40. The first kappa shape index (κ1) is 12.1. The Kier molecular flexibility index (Phi) is 3.25. The second kappa shape index (κ2) is 3.48. The van der Waals surface area contributed by atoms with Crippen LogP contribution in [-0.4, -0.2) is 32.7 Å². The van der Waals surface area contributed by atoms with Gasteiger partial charge in [-0.25, -0.2) is 0 Å². The van der Waals surface area contributed by atoms with Gasteiger partial charge in [0.15, 0.2) is 0 Å². The van der Waals surface area contributed by atoms with Gasteiger partial charge in [0, 0.05) is 0 Å². The number of carbonyl (C=O) groups is 2. The van der Waals surface area contributed by atoms with Crippen molar-refractivity contribution in [2.24, 2.45) is 0 Å². The Balaban J connectivity index is 4.34. The third-order valence-electron chi connectivity index (χ3n) is 0.953. The Hall–Kier alpha value is -0.863. The van der Waals surface area contributed by atoms with Crippen molar-refractivity contribution >= 4 is 20.3 Å². The summed E-state index contributed by atoms with van der Waals surface area (Å²) in [5.74, 6) is 0. The van der Waals surface area contributed by atoms with Gasteiger partial charge in [0.25, 0.3) is 0 Å². The van der Waals surface area contributed by atoms with Gasteiger partial charge in [0.05, 0.1) is 0 Å². The van der Waals surface area contributed by atoms with E-state index in [-0.39, 0.29) is 0 Å². The molecule has 2 nitrogen and oxygen atoms in total. The van der Waals surface area contributed by atoms with E-state index in [1.807, 2.05) is 0 Å². The van der Waals surface area contributed by atoms with Crippen molar-refractivity contribution in [3.05, 3.63) is 0 Å². The normalized spacial score (nSPS) is 12.8. The predicted molar refractivity (Wildman–Crippen MR) is 30.7 cm³/mol. The summed E-state index contributed by atoms with van der Waals surface area (Å²) >= 11 is 0. The molecule has 13 heavy (non-hydrogen) atoms. The highest BCUT2D eigenvalue weighted by Crippen LogP contribution is 2.19. The van der Waals surface area contributed by atoms with E-state index >= 15 is 0 Å². The van der Waals surface area contributed by atoms with Gasteiger partial charge in [-0.3, -0.25) is 9.59 Å². The minimum Gasteiger partial charge on any atom is -0.296 e. The van der Waals surface area contributed by atoms with Gasteiger partial charge in [-0.2, -0.15) is 26.3 Å². The second-order valence-electron chi connectivity index (χ2n) is 2.02. The number of hydrogen-bond donors (Lipinski definition) is 0. The summed E-state index contributed by atoms with van der Waals surface area (Å²) in [6.45, 7) is 0. The standard InChI is InChI=1S/C4H2F6O2Si/c5-3(6,7)1(11)13-2(12)4(8,9)10/h13H2. The molecular formula is C4H2F6O2Si. The quantitative estimate of drug-likeness (QED) is 0.500. The molecular weight excluding hydrogens is 222 g/mol. The highest BCUT2D eigenvalue weighted by molar-refractivity contribution is 6.98. The van der Waals surface area contributed by atoms with Crippen molar-refractivity contribution < 1.29 is 35.9 Å². The third kappa shape index (κ3) is 4.06. The van der Waals surface area contributed by atoms with Crippen LogP contribution in [0.15, 0.2) is 0 Å². The van der Waals surface area contributed by atoms with Gasteiger partial charge >= 0.3 is 12.4 Å². The molecule has 0 aliphatic rings. The first-order chi connectivity index (χ1) is 5.55. The molecule has 9 heteroatoms. The van der Waals surface area contributed by atoms with Crippen molar-refractivity contribution in [1.82, 2.24) is 0 Å². The predicted octanol–water partition coefficient (Wildman–Crippen LogP) is 0.333. The number of alkyl halides is 6. The molecule has 0 aromatic carbocycles. The highest BCUT2D eigenvalue weighted by Gasteiger charge is 2.46. The summed E-state index contributed by atoms with van der Waals surface area (Å²) in [7, 11) is -3.48. The van der Waals surface area contributed by atoms with Crippen molar-refractivity contribution in [3.8, 4) is 0 Å². The smallest absolute Gasteiger partial charge is 0.296 e. The largest absolute Gasteiger partial charge is 0.444 e. The van der Waals surface area contributed by atoms with Gasteiger partial charge < -0.3 is 0 Å². The van der Waals surface area contributed by atoms with Crippen LogP contribution in [0.3, 0.4) is 0 Å². The van der Waals surface area contributed by atoms with Crippen LogP contribution in [0.1, 0.15) is 0 Å². The Morgan fingerprint density at radius 2 is 1.00 bits per heavy atom. The summed E-state index contributed by atoms with van der Waals surface area (Å²) < 4.78 is 68.2. The van der Waals surface area contributed by atoms with Crippen LogP contribution < -0.4 is 0 Å². The van der Waals surface area contributed by atoms with Crippen LogP contribution in [0.2, 0.25) is 0 Å². The molecule has 0 bridgehead atoms. The average Bonchev–Trinajstić information content (AvgIpc) is 1.82.